The summed E-state index contributed by atoms with van der Waals surface area (Å²) in [6.07, 6.45) is 4.52. The number of nitrogens with two attached hydrogens (primary N) is 2. The predicted octanol–water partition coefficient (Wildman–Crippen LogP) is 4.19. The number of nitrogen functional groups attached to an aromatic ring is 1. The molecule has 1 heterocycles. The van der Waals surface area contributed by atoms with E-state index in [1.54, 1.807) is 12.1 Å². The first kappa shape index (κ1) is 21.5. The molecule has 1 aromatic carbocycles. The Labute approximate surface area is 179 Å². The molecule has 5 N–H and O–H groups in total. The van der Waals surface area contributed by atoms with Gasteiger partial charge in [-0.25, -0.2) is 4.98 Å². The van der Waals surface area contributed by atoms with Gasteiger partial charge in [0, 0.05) is 6.54 Å². The number of hydrogen-bond acceptors (Lipinski definition) is 7. The molecule has 156 valence electrons. The monoisotopic (exact) mass is 438 g/mol. The minimum Gasteiger partial charge on any atom is -0.378 e. The Morgan fingerprint density at radius 2 is 1.86 bits per heavy atom. The van der Waals surface area contributed by atoms with Gasteiger partial charge >= 0.3 is 5.69 Å². The lowest BCUT2D eigenvalue weighted by molar-refractivity contribution is -0.385. The van der Waals surface area contributed by atoms with Crippen molar-refractivity contribution in [2.24, 2.45) is 17.6 Å². The molecule has 0 atom stereocenters. The average Bonchev–Trinajstić information content (AvgIpc) is 2.69. The van der Waals surface area contributed by atoms with Gasteiger partial charge in [0.1, 0.15) is 5.69 Å². The highest BCUT2D eigenvalue weighted by atomic mass is 35.5. The summed E-state index contributed by atoms with van der Waals surface area (Å²) >= 11 is 12.2. The third-order valence-corrected chi connectivity index (χ3v) is 6.27. The van der Waals surface area contributed by atoms with Crippen LogP contribution >= 0.6 is 23.2 Å². The zero-order chi connectivity index (χ0) is 21.0. The van der Waals surface area contributed by atoms with E-state index in [1.165, 1.54) is 0 Å². The van der Waals surface area contributed by atoms with Crippen molar-refractivity contribution >= 4 is 40.7 Å². The molecule has 0 aliphatic heterocycles. The van der Waals surface area contributed by atoms with E-state index in [0.717, 1.165) is 31.2 Å². The van der Waals surface area contributed by atoms with Gasteiger partial charge in [-0.15, -0.1) is 0 Å². The second-order valence-electron chi connectivity index (χ2n) is 7.38. The molecular weight excluding hydrogens is 415 g/mol. The molecule has 3 rings (SSSR count). The number of benzene rings is 1. The van der Waals surface area contributed by atoms with E-state index in [4.69, 9.17) is 34.7 Å². The first-order valence-corrected chi connectivity index (χ1v) is 10.3. The van der Waals surface area contributed by atoms with Crippen LogP contribution in [0.25, 0.3) is 0 Å². The second kappa shape index (κ2) is 9.56. The van der Waals surface area contributed by atoms with Crippen molar-refractivity contribution in [3.8, 4) is 0 Å². The normalized spacial score (nSPS) is 19.1. The highest BCUT2D eigenvalue weighted by Crippen LogP contribution is 2.34. The number of aromatic nitrogens is 2. The number of halogens is 2. The van der Waals surface area contributed by atoms with Crippen LogP contribution in [0.15, 0.2) is 18.2 Å². The Bertz CT molecular complexity index is 887. The summed E-state index contributed by atoms with van der Waals surface area (Å²) in [6, 6.07) is 5.32. The van der Waals surface area contributed by atoms with Gasteiger partial charge in [0.15, 0.2) is 0 Å². The SMILES string of the molecule is NCC1CCC(Cc2nc(NCc3cccc(Cl)c3Cl)nc(N)c2[N+](=O)[O-])CC1. The van der Waals surface area contributed by atoms with Gasteiger partial charge in [0.25, 0.3) is 0 Å². The van der Waals surface area contributed by atoms with E-state index in [1.807, 2.05) is 6.07 Å². The molecule has 1 aliphatic carbocycles. The Morgan fingerprint density at radius 1 is 1.17 bits per heavy atom. The number of rotatable bonds is 7. The van der Waals surface area contributed by atoms with Gasteiger partial charge in [0.2, 0.25) is 11.8 Å². The van der Waals surface area contributed by atoms with Crippen molar-refractivity contribution in [3.63, 3.8) is 0 Å². The van der Waals surface area contributed by atoms with Crippen molar-refractivity contribution in [2.75, 3.05) is 17.6 Å². The number of nitrogens with zero attached hydrogens (tertiary/aromatic N) is 3. The molecule has 0 saturated heterocycles. The predicted molar refractivity (Wildman–Crippen MR) is 115 cm³/mol. The van der Waals surface area contributed by atoms with Gasteiger partial charge in [-0.05, 0) is 62.1 Å². The fourth-order valence-corrected chi connectivity index (χ4v) is 4.13. The van der Waals surface area contributed by atoms with Crippen LogP contribution in [-0.4, -0.2) is 21.4 Å². The summed E-state index contributed by atoms with van der Waals surface area (Å²) in [5.74, 6) is 0.947. The van der Waals surface area contributed by atoms with Crippen molar-refractivity contribution in [1.29, 1.82) is 0 Å². The minimum absolute atomic E-state index is 0.143. The van der Waals surface area contributed by atoms with Gasteiger partial charge in [-0.2, -0.15) is 4.98 Å². The Hall–Kier alpha value is -2.16. The van der Waals surface area contributed by atoms with Crippen LogP contribution in [0.2, 0.25) is 10.0 Å². The van der Waals surface area contributed by atoms with Crippen LogP contribution in [0.3, 0.4) is 0 Å². The molecule has 1 aliphatic rings. The van der Waals surface area contributed by atoms with Gasteiger partial charge in [-0.1, -0.05) is 35.3 Å². The third kappa shape index (κ3) is 5.26. The molecule has 0 unspecified atom stereocenters. The number of nitro groups is 1. The van der Waals surface area contributed by atoms with Crippen LogP contribution in [-0.2, 0) is 13.0 Å². The average molecular weight is 439 g/mol. The van der Waals surface area contributed by atoms with Gasteiger partial charge in [0.05, 0.1) is 15.0 Å². The minimum atomic E-state index is -0.506. The zero-order valence-electron chi connectivity index (χ0n) is 15.9. The van der Waals surface area contributed by atoms with Crippen molar-refractivity contribution in [2.45, 2.75) is 38.6 Å². The molecular formula is C19H24Cl2N6O2. The quantitative estimate of drug-likeness (QED) is 0.435. The number of nitrogens with one attached hydrogen (secondary N) is 1. The standard InChI is InChI=1S/C19H24Cl2N6O2/c20-14-3-1-2-13(16(14)21)10-24-19-25-15(17(27(28)29)18(23)26-19)8-11-4-6-12(9-22)7-5-11/h1-3,11-12H,4-10,22H2,(H3,23,24,25,26). The lowest BCUT2D eigenvalue weighted by Gasteiger charge is -2.27. The Balaban J connectivity index is 1.78. The van der Waals surface area contributed by atoms with E-state index in [2.05, 4.69) is 15.3 Å². The topological polar surface area (TPSA) is 133 Å². The molecule has 0 amide bonds. The molecule has 2 aromatic rings. The first-order valence-electron chi connectivity index (χ1n) is 9.56. The highest BCUT2D eigenvalue weighted by Gasteiger charge is 2.27. The molecule has 0 spiro atoms. The largest absolute Gasteiger partial charge is 0.378 e. The summed E-state index contributed by atoms with van der Waals surface area (Å²) in [5, 5.41) is 15.5. The van der Waals surface area contributed by atoms with Gasteiger partial charge in [-0.3, -0.25) is 10.1 Å². The van der Waals surface area contributed by atoms with E-state index in [9.17, 15) is 10.1 Å². The summed E-state index contributed by atoms with van der Waals surface area (Å²) in [7, 11) is 0. The van der Waals surface area contributed by atoms with Crippen LogP contribution < -0.4 is 16.8 Å². The smallest absolute Gasteiger partial charge is 0.332 e. The summed E-state index contributed by atoms with van der Waals surface area (Å²) in [6.45, 7) is 1.01. The maximum atomic E-state index is 11.5. The van der Waals surface area contributed by atoms with Crippen molar-refractivity contribution in [3.05, 3.63) is 49.6 Å². The maximum Gasteiger partial charge on any atom is 0.332 e. The fourth-order valence-electron chi connectivity index (χ4n) is 3.74. The molecule has 8 nitrogen and oxygen atoms in total. The van der Waals surface area contributed by atoms with Crippen LogP contribution in [0.1, 0.15) is 36.9 Å². The second-order valence-corrected chi connectivity index (χ2v) is 8.16. The van der Waals surface area contributed by atoms with E-state index in [-0.39, 0.29) is 17.5 Å². The molecule has 1 fully saturated rings. The summed E-state index contributed by atoms with van der Waals surface area (Å²) in [4.78, 5) is 19.5. The maximum absolute atomic E-state index is 11.5. The van der Waals surface area contributed by atoms with Crippen LogP contribution in [0, 0.1) is 22.0 Å². The van der Waals surface area contributed by atoms with E-state index in [0.29, 0.717) is 47.1 Å². The van der Waals surface area contributed by atoms with Crippen molar-refractivity contribution in [1.82, 2.24) is 9.97 Å². The molecule has 1 aromatic heterocycles. The van der Waals surface area contributed by atoms with E-state index >= 15 is 0 Å². The fraction of sp³-hybridized carbons (Fsp3) is 0.474. The summed E-state index contributed by atoms with van der Waals surface area (Å²) < 4.78 is 0. The Kier molecular flexibility index (Phi) is 7.10. The number of hydrogen-bond donors (Lipinski definition) is 3. The molecule has 0 bridgehead atoms. The molecule has 0 radical (unpaired) electrons. The third-order valence-electron chi connectivity index (χ3n) is 5.42. The lowest BCUT2D eigenvalue weighted by atomic mass is 9.80. The van der Waals surface area contributed by atoms with Crippen LogP contribution in [0.4, 0.5) is 17.5 Å². The number of anilines is 2. The van der Waals surface area contributed by atoms with Gasteiger partial charge < -0.3 is 16.8 Å². The zero-order valence-corrected chi connectivity index (χ0v) is 17.4. The molecule has 1 saturated carbocycles. The summed E-state index contributed by atoms with van der Waals surface area (Å²) in [5.41, 5.74) is 12.6. The van der Waals surface area contributed by atoms with E-state index < -0.39 is 4.92 Å². The lowest BCUT2D eigenvalue weighted by Crippen LogP contribution is -2.23. The van der Waals surface area contributed by atoms with Crippen molar-refractivity contribution < 1.29 is 4.92 Å². The van der Waals surface area contributed by atoms with Crippen LogP contribution in [0.5, 0.6) is 0 Å². The Morgan fingerprint density at radius 3 is 2.52 bits per heavy atom. The molecule has 10 heteroatoms. The molecule has 29 heavy (non-hydrogen) atoms. The first-order chi connectivity index (χ1) is 13.9. The highest BCUT2D eigenvalue weighted by molar-refractivity contribution is 6.42.